The van der Waals surface area contributed by atoms with Crippen LogP contribution < -0.4 is 0 Å². The molecule has 0 saturated carbocycles. The van der Waals surface area contributed by atoms with E-state index in [1.807, 2.05) is 0 Å². The standard InChI is InChI=1S/C8H4F3N3/c1-5(4-12)7-13-3-2-6(14-7)8(9,10)11/h2-3H,1H2. The van der Waals surface area contributed by atoms with E-state index in [9.17, 15) is 13.2 Å². The molecule has 0 N–H and O–H groups in total. The van der Waals surface area contributed by atoms with Crippen LogP contribution in [0, 0.1) is 11.3 Å². The first-order valence-corrected chi connectivity index (χ1v) is 3.45. The van der Waals surface area contributed by atoms with Crippen molar-refractivity contribution in [2.45, 2.75) is 6.18 Å². The lowest BCUT2D eigenvalue weighted by Crippen LogP contribution is -2.09. The summed E-state index contributed by atoms with van der Waals surface area (Å²) in [7, 11) is 0. The van der Waals surface area contributed by atoms with E-state index in [-0.39, 0.29) is 11.4 Å². The monoisotopic (exact) mass is 199 g/mol. The summed E-state index contributed by atoms with van der Waals surface area (Å²) in [6.07, 6.45) is -3.60. The summed E-state index contributed by atoms with van der Waals surface area (Å²) in [6.45, 7) is 3.21. The average molecular weight is 199 g/mol. The largest absolute Gasteiger partial charge is 0.433 e. The van der Waals surface area contributed by atoms with Gasteiger partial charge in [-0.1, -0.05) is 6.58 Å². The molecule has 0 bridgehead atoms. The van der Waals surface area contributed by atoms with Gasteiger partial charge in [-0.2, -0.15) is 18.4 Å². The molecule has 72 valence electrons. The van der Waals surface area contributed by atoms with Gasteiger partial charge in [-0.25, -0.2) is 9.97 Å². The minimum atomic E-state index is -4.53. The Morgan fingerprint density at radius 1 is 1.50 bits per heavy atom. The van der Waals surface area contributed by atoms with E-state index < -0.39 is 11.9 Å². The van der Waals surface area contributed by atoms with Gasteiger partial charge in [0, 0.05) is 6.20 Å². The van der Waals surface area contributed by atoms with E-state index in [4.69, 9.17) is 5.26 Å². The minimum absolute atomic E-state index is 0.198. The topological polar surface area (TPSA) is 49.6 Å². The Morgan fingerprint density at radius 3 is 2.64 bits per heavy atom. The molecular weight excluding hydrogens is 195 g/mol. The maximum absolute atomic E-state index is 12.1. The zero-order valence-electron chi connectivity index (χ0n) is 6.84. The molecule has 0 saturated heterocycles. The Morgan fingerprint density at radius 2 is 2.14 bits per heavy atom. The number of alkyl halides is 3. The van der Waals surface area contributed by atoms with Crippen molar-refractivity contribution in [3.05, 3.63) is 30.4 Å². The van der Waals surface area contributed by atoms with Crippen LogP contribution in [0.5, 0.6) is 0 Å². The zero-order valence-corrected chi connectivity index (χ0v) is 6.84. The van der Waals surface area contributed by atoms with Gasteiger partial charge in [-0.15, -0.1) is 0 Å². The summed E-state index contributed by atoms with van der Waals surface area (Å²) in [6, 6.07) is 2.30. The molecular formula is C8H4F3N3. The molecule has 3 nitrogen and oxygen atoms in total. The van der Waals surface area contributed by atoms with Crippen molar-refractivity contribution in [3.63, 3.8) is 0 Å². The number of nitriles is 1. The van der Waals surface area contributed by atoms with Gasteiger partial charge in [-0.05, 0) is 6.07 Å². The summed E-state index contributed by atoms with van der Waals surface area (Å²) in [5.74, 6) is -0.303. The van der Waals surface area contributed by atoms with E-state index in [1.54, 1.807) is 6.07 Å². The molecule has 0 fully saturated rings. The lowest BCUT2D eigenvalue weighted by Gasteiger charge is -2.05. The predicted molar refractivity (Wildman–Crippen MR) is 41.7 cm³/mol. The number of halogens is 3. The highest BCUT2D eigenvalue weighted by molar-refractivity contribution is 5.69. The molecule has 0 aliphatic carbocycles. The van der Waals surface area contributed by atoms with Crippen LogP contribution in [0.1, 0.15) is 11.5 Å². The predicted octanol–water partition coefficient (Wildman–Crippen LogP) is 2.03. The van der Waals surface area contributed by atoms with Gasteiger partial charge >= 0.3 is 6.18 Å². The molecule has 0 atom stereocenters. The Hall–Kier alpha value is -1.90. The van der Waals surface area contributed by atoms with Crippen LogP contribution in [-0.2, 0) is 6.18 Å². The van der Waals surface area contributed by atoms with E-state index in [0.29, 0.717) is 0 Å². The van der Waals surface area contributed by atoms with Crippen molar-refractivity contribution in [2.75, 3.05) is 0 Å². The van der Waals surface area contributed by atoms with Gasteiger partial charge in [0.25, 0.3) is 0 Å². The number of rotatable bonds is 1. The minimum Gasteiger partial charge on any atom is -0.236 e. The van der Waals surface area contributed by atoms with Gasteiger partial charge < -0.3 is 0 Å². The maximum atomic E-state index is 12.1. The van der Waals surface area contributed by atoms with Crippen molar-refractivity contribution in [1.82, 2.24) is 9.97 Å². The SMILES string of the molecule is C=C(C#N)c1nccc(C(F)(F)F)n1. The van der Waals surface area contributed by atoms with Gasteiger partial charge in [0.05, 0.1) is 5.57 Å². The third-order valence-electron chi connectivity index (χ3n) is 1.35. The summed E-state index contributed by atoms with van der Waals surface area (Å²) >= 11 is 0. The lowest BCUT2D eigenvalue weighted by molar-refractivity contribution is -0.141. The number of hydrogen-bond acceptors (Lipinski definition) is 3. The third kappa shape index (κ3) is 2.07. The molecule has 1 heterocycles. The van der Waals surface area contributed by atoms with Crippen LogP contribution in [0.25, 0.3) is 5.57 Å². The number of nitrogens with zero attached hydrogens (tertiary/aromatic N) is 3. The maximum Gasteiger partial charge on any atom is 0.433 e. The van der Waals surface area contributed by atoms with E-state index >= 15 is 0 Å². The Balaban J connectivity index is 3.16. The molecule has 0 spiro atoms. The number of aromatic nitrogens is 2. The van der Waals surface area contributed by atoms with E-state index in [1.165, 1.54) is 0 Å². The first-order chi connectivity index (χ1) is 6.45. The highest BCUT2D eigenvalue weighted by Crippen LogP contribution is 2.27. The first kappa shape index (κ1) is 10.2. The van der Waals surface area contributed by atoms with Crippen LogP contribution in [0.4, 0.5) is 13.2 Å². The second kappa shape index (κ2) is 3.46. The Labute approximate surface area is 77.5 Å². The molecule has 14 heavy (non-hydrogen) atoms. The van der Waals surface area contributed by atoms with Gasteiger partial charge in [0.2, 0.25) is 0 Å². The van der Waals surface area contributed by atoms with Gasteiger partial charge in [-0.3, -0.25) is 0 Å². The summed E-state index contributed by atoms with van der Waals surface area (Å²) in [4.78, 5) is 6.65. The molecule has 0 radical (unpaired) electrons. The summed E-state index contributed by atoms with van der Waals surface area (Å²) in [5, 5.41) is 8.37. The molecule has 1 aromatic rings. The molecule has 6 heteroatoms. The fourth-order valence-electron chi connectivity index (χ4n) is 0.712. The third-order valence-corrected chi connectivity index (χ3v) is 1.35. The highest BCUT2D eigenvalue weighted by Gasteiger charge is 2.32. The molecule has 0 amide bonds. The van der Waals surface area contributed by atoms with Gasteiger partial charge in [0.1, 0.15) is 11.8 Å². The van der Waals surface area contributed by atoms with Crippen molar-refractivity contribution in [2.24, 2.45) is 0 Å². The van der Waals surface area contributed by atoms with Crippen molar-refractivity contribution in [1.29, 1.82) is 5.26 Å². The molecule has 1 aromatic heterocycles. The van der Waals surface area contributed by atoms with Crippen LogP contribution in [0.2, 0.25) is 0 Å². The van der Waals surface area contributed by atoms with Crippen molar-refractivity contribution in [3.8, 4) is 6.07 Å². The molecule has 0 unspecified atom stereocenters. The second-order valence-corrected chi connectivity index (χ2v) is 2.35. The highest BCUT2D eigenvalue weighted by atomic mass is 19.4. The fourth-order valence-corrected chi connectivity index (χ4v) is 0.712. The Bertz CT molecular complexity index is 403. The fraction of sp³-hybridized carbons (Fsp3) is 0.125. The second-order valence-electron chi connectivity index (χ2n) is 2.35. The van der Waals surface area contributed by atoms with Crippen molar-refractivity contribution < 1.29 is 13.2 Å². The molecule has 0 aliphatic rings. The zero-order chi connectivity index (χ0) is 10.8. The number of hydrogen-bond donors (Lipinski definition) is 0. The Kier molecular flexibility index (Phi) is 2.51. The summed E-state index contributed by atoms with van der Waals surface area (Å²) in [5.41, 5.74) is -1.28. The molecule has 0 aromatic carbocycles. The van der Waals surface area contributed by atoms with E-state index in [0.717, 1.165) is 12.3 Å². The quantitative estimate of drug-likeness (QED) is 0.650. The smallest absolute Gasteiger partial charge is 0.236 e. The lowest BCUT2D eigenvalue weighted by atomic mass is 10.3. The molecule has 1 rings (SSSR count). The normalized spacial score (nSPS) is 10.7. The van der Waals surface area contributed by atoms with Crippen molar-refractivity contribution >= 4 is 5.57 Å². The van der Waals surface area contributed by atoms with Crippen LogP contribution in [-0.4, -0.2) is 9.97 Å². The average Bonchev–Trinajstić information content (AvgIpc) is 2.15. The number of allylic oxidation sites excluding steroid dienone is 1. The van der Waals surface area contributed by atoms with E-state index in [2.05, 4.69) is 16.5 Å². The van der Waals surface area contributed by atoms with Gasteiger partial charge in [0.15, 0.2) is 5.82 Å². The van der Waals surface area contributed by atoms with Crippen LogP contribution in [0.3, 0.4) is 0 Å². The first-order valence-electron chi connectivity index (χ1n) is 3.45. The van der Waals surface area contributed by atoms with Crippen LogP contribution >= 0.6 is 0 Å². The van der Waals surface area contributed by atoms with Crippen LogP contribution in [0.15, 0.2) is 18.8 Å². The summed E-state index contributed by atoms with van der Waals surface area (Å²) < 4.78 is 36.4. The molecule has 0 aliphatic heterocycles.